The number of hydrogen-bond acceptors (Lipinski definition) is 3. The highest BCUT2D eigenvalue weighted by Gasteiger charge is 2.31. The summed E-state index contributed by atoms with van der Waals surface area (Å²) in [6.07, 6.45) is -4.43. The van der Waals surface area contributed by atoms with Gasteiger partial charge in [-0.1, -0.05) is 0 Å². The van der Waals surface area contributed by atoms with Gasteiger partial charge in [-0.25, -0.2) is 0 Å². The molecule has 0 aliphatic carbocycles. The maximum Gasteiger partial charge on any atom is 0.416 e. The highest BCUT2D eigenvalue weighted by Crippen LogP contribution is 2.32. The number of benzene rings is 1. The molecule has 0 saturated carbocycles. The maximum absolute atomic E-state index is 12.5. The van der Waals surface area contributed by atoms with E-state index in [0.717, 1.165) is 12.1 Å². The van der Waals surface area contributed by atoms with Crippen LogP contribution in [0.2, 0.25) is 0 Å². The standard InChI is InChI=1S/C11H13F3N2OS/c1-17-4-5-18-9-3-2-7(11(12,13)14)6-8(9)10(15)16/h2-3,6H,4-5H2,1H3,(H3,15,16). The van der Waals surface area contributed by atoms with Gasteiger partial charge in [-0.15, -0.1) is 11.8 Å². The van der Waals surface area contributed by atoms with E-state index in [0.29, 0.717) is 17.3 Å². The summed E-state index contributed by atoms with van der Waals surface area (Å²) in [4.78, 5) is 0.549. The molecular weight excluding hydrogens is 265 g/mol. The van der Waals surface area contributed by atoms with Crippen molar-refractivity contribution in [3.63, 3.8) is 0 Å². The molecule has 0 atom stereocenters. The summed E-state index contributed by atoms with van der Waals surface area (Å²) >= 11 is 1.31. The fraction of sp³-hybridized carbons (Fsp3) is 0.364. The van der Waals surface area contributed by atoms with Gasteiger partial charge in [-0.05, 0) is 18.2 Å². The minimum atomic E-state index is -4.43. The van der Waals surface area contributed by atoms with Crippen LogP contribution in [-0.2, 0) is 10.9 Å². The van der Waals surface area contributed by atoms with E-state index in [1.54, 1.807) is 7.11 Å². The first-order valence-corrected chi connectivity index (χ1v) is 6.02. The lowest BCUT2D eigenvalue weighted by Crippen LogP contribution is -2.15. The van der Waals surface area contributed by atoms with Crippen LogP contribution in [-0.4, -0.2) is 25.3 Å². The molecule has 7 heteroatoms. The van der Waals surface area contributed by atoms with Crippen LogP contribution in [0.1, 0.15) is 11.1 Å². The molecular formula is C11H13F3N2OS. The number of thioether (sulfide) groups is 1. The zero-order chi connectivity index (χ0) is 13.8. The van der Waals surface area contributed by atoms with E-state index < -0.39 is 11.7 Å². The Morgan fingerprint density at radius 3 is 2.61 bits per heavy atom. The van der Waals surface area contributed by atoms with E-state index in [4.69, 9.17) is 15.9 Å². The topological polar surface area (TPSA) is 59.1 Å². The van der Waals surface area contributed by atoms with Gasteiger partial charge < -0.3 is 10.5 Å². The van der Waals surface area contributed by atoms with Crippen LogP contribution >= 0.6 is 11.8 Å². The van der Waals surface area contributed by atoms with Gasteiger partial charge in [0.25, 0.3) is 0 Å². The van der Waals surface area contributed by atoms with Crippen LogP contribution in [0, 0.1) is 5.41 Å². The Labute approximate surface area is 107 Å². The van der Waals surface area contributed by atoms with Gasteiger partial charge in [0.15, 0.2) is 0 Å². The van der Waals surface area contributed by atoms with Crippen LogP contribution in [0.4, 0.5) is 13.2 Å². The van der Waals surface area contributed by atoms with Crippen molar-refractivity contribution in [2.75, 3.05) is 19.5 Å². The molecule has 0 aliphatic rings. The molecule has 0 fully saturated rings. The molecule has 0 aliphatic heterocycles. The summed E-state index contributed by atoms with van der Waals surface area (Å²) in [7, 11) is 1.54. The van der Waals surface area contributed by atoms with E-state index in [1.807, 2.05) is 0 Å². The molecule has 1 aromatic rings. The van der Waals surface area contributed by atoms with Crippen LogP contribution in [0.25, 0.3) is 0 Å². The van der Waals surface area contributed by atoms with Crippen molar-refractivity contribution in [3.8, 4) is 0 Å². The van der Waals surface area contributed by atoms with Crippen molar-refractivity contribution < 1.29 is 17.9 Å². The van der Waals surface area contributed by atoms with E-state index in [-0.39, 0.29) is 11.4 Å². The Bertz CT molecular complexity index is 435. The molecule has 1 rings (SSSR count). The van der Waals surface area contributed by atoms with Gasteiger partial charge in [0, 0.05) is 23.3 Å². The third-order valence-corrected chi connectivity index (χ3v) is 3.18. The first-order chi connectivity index (χ1) is 8.36. The minimum Gasteiger partial charge on any atom is -0.384 e. The number of rotatable bonds is 5. The van der Waals surface area contributed by atoms with Crippen molar-refractivity contribution >= 4 is 17.6 Å². The van der Waals surface area contributed by atoms with Crippen LogP contribution in [0.5, 0.6) is 0 Å². The van der Waals surface area contributed by atoms with Gasteiger partial charge in [0.05, 0.1) is 12.2 Å². The fourth-order valence-corrected chi connectivity index (χ4v) is 2.24. The average Bonchev–Trinajstić information content (AvgIpc) is 2.28. The molecule has 0 radical (unpaired) electrons. The Kier molecular flexibility index (Phi) is 5.03. The Morgan fingerprint density at radius 2 is 2.11 bits per heavy atom. The number of methoxy groups -OCH3 is 1. The normalized spacial score (nSPS) is 11.6. The predicted octanol–water partition coefficient (Wildman–Crippen LogP) is 2.73. The first kappa shape index (κ1) is 14.8. The molecule has 0 spiro atoms. The van der Waals surface area contributed by atoms with Gasteiger partial charge in [-0.3, -0.25) is 5.41 Å². The summed E-state index contributed by atoms with van der Waals surface area (Å²) in [6, 6.07) is 3.22. The van der Waals surface area contributed by atoms with E-state index in [2.05, 4.69) is 0 Å². The monoisotopic (exact) mass is 278 g/mol. The SMILES string of the molecule is COCCSc1ccc(C(F)(F)F)cc1C(=N)N. The predicted molar refractivity (Wildman–Crippen MR) is 65.1 cm³/mol. The molecule has 0 aromatic heterocycles. The third-order valence-electron chi connectivity index (χ3n) is 2.14. The molecule has 1 aromatic carbocycles. The molecule has 0 bridgehead atoms. The Morgan fingerprint density at radius 1 is 1.44 bits per heavy atom. The van der Waals surface area contributed by atoms with Crippen LogP contribution in [0.3, 0.4) is 0 Å². The Balaban J connectivity index is 3.01. The fourth-order valence-electron chi connectivity index (χ4n) is 1.28. The van der Waals surface area contributed by atoms with Crippen LogP contribution < -0.4 is 5.73 Å². The number of nitrogens with one attached hydrogen (secondary N) is 1. The molecule has 18 heavy (non-hydrogen) atoms. The summed E-state index contributed by atoms with van der Waals surface area (Å²) in [5.74, 6) is 0.211. The van der Waals surface area contributed by atoms with Gasteiger partial charge >= 0.3 is 6.18 Å². The largest absolute Gasteiger partial charge is 0.416 e. The highest BCUT2D eigenvalue weighted by molar-refractivity contribution is 7.99. The second-order valence-electron chi connectivity index (χ2n) is 3.46. The summed E-state index contributed by atoms with van der Waals surface area (Å²) in [5.41, 5.74) is 4.60. The zero-order valence-corrected chi connectivity index (χ0v) is 10.5. The highest BCUT2D eigenvalue weighted by atomic mass is 32.2. The van der Waals surface area contributed by atoms with Crippen molar-refractivity contribution in [3.05, 3.63) is 29.3 Å². The van der Waals surface area contributed by atoms with Crippen molar-refractivity contribution in [2.24, 2.45) is 5.73 Å². The van der Waals surface area contributed by atoms with Crippen molar-refractivity contribution in [1.82, 2.24) is 0 Å². The number of ether oxygens (including phenoxy) is 1. The number of nitrogen functional groups attached to an aromatic ring is 1. The molecule has 0 saturated heterocycles. The molecule has 0 heterocycles. The quantitative estimate of drug-likeness (QED) is 0.377. The maximum atomic E-state index is 12.5. The second-order valence-corrected chi connectivity index (χ2v) is 4.60. The average molecular weight is 278 g/mol. The van der Waals surface area contributed by atoms with Gasteiger partial charge in [-0.2, -0.15) is 13.2 Å². The van der Waals surface area contributed by atoms with Gasteiger partial charge in [0.1, 0.15) is 5.84 Å². The number of alkyl halides is 3. The third kappa shape index (κ3) is 3.92. The molecule has 3 nitrogen and oxygen atoms in total. The number of nitrogens with two attached hydrogens (primary N) is 1. The zero-order valence-electron chi connectivity index (χ0n) is 9.67. The lowest BCUT2D eigenvalue weighted by molar-refractivity contribution is -0.137. The van der Waals surface area contributed by atoms with Gasteiger partial charge in [0.2, 0.25) is 0 Å². The summed E-state index contributed by atoms with van der Waals surface area (Å²) in [6.45, 7) is 0.475. The molecule has 100 valence electrons. The minimum absolute atomic E-state index is 0.103. The van der Waals surface area contributed by atoms with E-state index in [1.165, 1.54) is 17.8 Å². The lowest BCUT2D eigenvalue weighted by atomic mass is 10.1. The number of halogens is 3. The lowest BCUT2D eigenvalue weighted by Gasteiger charge is -2.12. The van der Waals surface area contributed by atoms with Crippen LogP contribution in [0.15, 0.2) is 23.1 Å². The summed E-state index contributed by atoms with van der Waals surface area (Å²) in [5, 5.41) is 7.32. The molecule has 0 amide bonds. The smallest absolute Gasteiger partial charge is 0.384 e. The number of amidine groups is 1. The molecule has 3 N–H and O–H groups in total. The first-order valence-electron chi connectivity index (χ1n) is 5.03. The van der Waals surface area contributed by atoms with Crippen molar-refractivity contribution in [1.29, 1.82) is 5.41 Å². The Hall–Kier alpha value is -1.21. The number of hydrogen-bond donors (Lipinski definition) is 2. The van der Waals surface area contributed by atoms with E-state index in [9.17, 15) is 13.2 Å². The molecule has 0 unspecified atom stereocenters. The van der Waals surface area contributed by atoms with E-state index >= 15 is 0 Å². The summed E-state index contributed by atoms with van der Waals surface area (Å²) < 4.78 is 42.5. The second kappa shape index (κ2) is 6.10. The van der Waals surface area contributed by atoms with Crippen molar-refractivity contribution in [2.45, 2.75) is 11.1 Å².